The van der Waals surface area contributed by atoms with Crippen LogP contribution in [0.15, 0.2) is 0 Å². The Balaban J connectivity index is 2.95. The summed E-state index contributed by atoms with van der Waals surface area (Å²) in [7, 11) is 0. The highest BCUT2D eigenvalue weighted by atomic mass is 16.1. The van der Waals surface area contributed by atoms with E-state index in [0.29, 0.717) is 12.8 Å². The molecule has 0 spiro atoms. The zero-order chi connectivity index (χ0) is 14.9. The number of amides is 1. The van der Waals surface area contributed by atoms with Gasteiger partial charge in [-0.05, 0) is 12.8 Å². The lowest BCUT2D eigenvalue weighted by atomic mass is 10.0. The Morgan fingerprint density at radius 3 is 1.35 bits per heavy atom. The third-order valence-corrected chi connectivity index (χ3v) is 3.70. The third kappa shape index (κ3) is 17.1. The molecule has 20 heavy (non-hydrogen) atoms. The molecule has 0 aromatic rings. The summed E-state index contributed by atoms with van der Waals surface area (Å²) in [5, 5.41) is 0. The van der Waals surface area contributed by atoms with Crippen molar-refractivity contribution in [3.8, 4) is 0 Å². The number of hydrogen-bond donors (Lipinski definition) is 1. The number of unbranched alkanes of at least 4 members (excludes halogenated alkanes) is 13. The summed E-state index contributed by atoms with van der Waals surface area (Å²) < 4.78 is 0. The summed E-state index contributed by atoms with van der Waals surface area (Å²) in [4.78, 5) is 20.5. The van der Waals surface area contributed by atoms with E-state index in [9.17, 15) is 9.59 Å². The molecule has 1 amide bonds. The Kier molecular flexibility index (Phi) is 15.5. The van der Waals surface area contributed by atoms with Crippen molar-refractivity contribution in [2.75, 3.05) is 0 Å². The van der Waals surface area contributed by atoms with Gasteiger partial charge in [-0.15, -0.1) is 0 Å². The number of primary amides is 1. The van der Waals surface area contributed by atoms with Crippen LogP contribution < -0.4 is 5.73 Å². The van der Waals surface area contributed by atoms with Crippen LogP contribution in [-0.2, 0) is 9.59 Å². The second-order valence-corrected chi connectivity index (χ2v) is 5.71. The van der Waals surface area contributed by atoms with E-state index in [1.54, 1.807) is 0 Å². The molecule has 0 fully saturated rings. The van der Waals surface area contributed by atoms with Crippen LogP contribution in [0.25, 0.3) is 0 Å². The van der Waals surface area contributed by atoms with Gasteiger partial charge in [-0.25, -0.2) is 0 Å². The van der Waals surface area contributed by atoms with E-state index in [2.05, 4.69) is 0 Å². The largest absolute Gasteiger partial charge is 0.370 e. The molecule has 1 radical (unpaired) electrons. The molecular weight excluding hydrogens is 250 g/mol. The van der Waals surface area contributed by atoms with E-state index in [4.69, 9.17) is 5.73 Å². The van der Waals surface area contributed by atoms with Crippen LogP contribution in [0.5, 0.6) is 0 Å². The summed E-state index contributed by atoms with van der Waals surface area (Å²) >= 11 is 0. The molecule has 0 aliphatic heterocycles. The van der Waals surface area contributed by atoms with Gasteiger partial charge in [0.05, 0.1) is 0 Å². The highest BCUT2D eigenvalue weighted by Crippen LogP contribution is 2.13. The van der Waals surface area contributed by atoms with Crippen molar-refractivity contribution >= 4 is 12.2 Å². The van der Waals surface area contributed by atoms with Crippen LogP contribution in [0.4, 0.5) is 0 Å². The first-order valence-electron chi connectivity index (χ1n) is 8.40. The van der Waals surface area contributed by atoms with Crippen LogP contribution in [0.2, 0.25) is 0 Å². The Bertz CT molecular complexity index is 229. The molecule has 3 heteroatoms. The molecule has 0 bridgehead atoms. The molecule has 3 nitrogen and oxygen atoms in total. The van der Waals surface area contributed by atoms with Gasteiger partial charge in [0.2, 0.25) is 5.91 Å². The van der Waals surface area contributed by atoms with Crippen LogP contribution >= 0.6 is 0 Å². The van der Waals surface area contributed by atoms with E-state index in [1.165, 1.54) is 64.2 Å². The predicted octanol–water partition coefficient (Wildman–Crippen LogP) is 4.43. The fraction of sp³-hybridized carbons (Fsp3) is 0.882. The monoisotopic (exact) mass is 282 g/mol. The molecule has 0 saturated heterocycles. The minimum Gasteiger partial charge on any atom is -0.370 e. The number of nitrogens with two attached hydrogens (primary N) is 1. The summed E-state index contributed by atoms with van der Waals surface area (Å²) in [5.74, 6) is -0.172. The minimum atomic E-state index is -0.172. The molecule has 0 heterocycles. The first kappa shape index (κ1) is 19.1. The number of hydrogen-bond acceptors (Lipinski definition) is 2. The zero-order valence-corrected chi connectivity index (χ0v) is 13.0. The van der Waals surface area contributed by atoms with Gasteiger partial charge in [0.25, 0.3) is 0 Å². The second-order valence-electron chi connectivity index (χ2n) is 5.71. The molecule has 2 N–H and O–H groups in total. The zero-order valence-electron chi connectivity index (χ0n) is 13.0. The van der Waals surface area contributed by atoms with Gasteiger partial charge in [-0.1, -0.05) is 70.6 Å². The van der Waals surface area contributed by atoms with Crippen molar-refractivity contribution in [1.82, 2.24) is 0 Å². The fourth-order valence-electron chi connectivity index (χ4n) is 2.44. The van der Waals surface area contributed by atoms with Gasteiger partial charge in [0, 0.05) is 12.8 Å². The van der Waals surface area contributed by atoms with Crippen molar-refractivity contribution in [2.45, 2.75) is 96.3 Å². The summed E-state index contributed by atoms with van der Waals surface area (Å²) in [6.07, 6.45) is 19.2. The third-order valence-electron chi connectivity index (χ3n) is 3.70. The van der Waals surface area contributed by atoms with E-state index < -0.39 is 0 Å². The molecule has 0 aromatic heterocycles. The average molecular weight is 282 g/mol. The Morgan fingerprint density at radius 2 is 1.00 bits per heavy atom. The van der Waals surface area contributed by atoms with Crippen LogP contribution in [-0.4, -0.2) is 12.2 Å². The SMILES string of the molecule is NC(=O)CCCCCCCCCCCCCCC[C]=O. The first-order chi connectivity index (χ1) is 9.77. The predicted molar refractivity (Wildman–Crippen MR) is 84.1 cm³/mol. The second kappa shape index (κ2) is 16.2. The Morgan fingerprint density at radius 1 is 0.650 bits per heavy atom. The van der Waals surface area contributed by atoms with Crippen LogP contribution in [0, 0.1) is 0 Å². The molecule has 117 valence electrons. The Hall–Kier alpha value is -0.860. The lowest BCUT2D eigenvalue weighted by molar-refractivity contribution is -0.118. The van der Waals surface area contributed by atoms with Crippen molar-refractivity contribution in [3.63, 3.8) is 0 Å². The van der Waals surface area contributed by atoms with Crippen LogP contribution in [0.1, 0.15) is 96.3 Å². The minimum absolute atomic E-state index is 0.172. The fourth-order valence-corrected chi connectivity index (χ4v) is 2.44. The average Bonchev–Trinajstić information content (AvgIpc) is 2.43. The maximum Gasteiger partial charge on any atom is 0.217 e. The molecule has 0 saturated carbocycles. The molecule has 0 atom stereocenters. The topological polar surface area (TPSA) is 60.2 Å². The van der Waals surface area contributed by atoms with Gasteiger partial charge >= 0.3 is 0 Å². The molecule has 0 aliphatic rings. The summed E-state index contributed by atoms with van der Waals surface area (Å²) in [6, 6.07) is 0. The van der Waals surface area contributed by atoms with Crippen molar-refractivity contribution in [3.05, 3.63) is 0 Å². The van der Waals surface area contributed by atoms with Crippen LogP contribution in [0.3, 0.4) is 0 Å². The van der Waals surface area contributed by atoms with Gasteiger partial charge < -0.3 is 5.73 Å². The van der Waals surface area contributed by atoms with E-state index >= 15 is 0 Å². The Labute approximate surface area is 124 Å². The highest BCUT2D eigenvalue weighted by molar-refractivity contribution is 5.73. The van der Waals surface area contributed by atoms with Gasteiger partial charge in [0.1, 0.15) is 0 Å². The highest BCUT2D eigenvalue weighted by Gasteiger charge is 1.96. The first-order valence-corrected chi connectivity index (χ1v) is 8.40. The molecule has 0 unspecified atom stereocenters. The molecule has 0 aromatic carbocycles. The summed E-state index contributed by atoms with van der Waals surface area (Å²) in [5.41, 5.74) is 5.09. The van der Waals surface area contributed by atoms with Gasteiger partial charge in [0.15, 0.2) is 6.29 Å². The van der Waals surface area contributed by atoms with Crippen molar-refractivity contribution < 1.29 is 9.59 Å². The van der Waals surface area contributed by atoms with E-state index in [1.807, 2.05) is 6.29 Å². The summed E-state index contributed by atoms with van der Waals surface area (Å²) in [6.45, 7) is 0. The molecular formula is C17H32NO2. The van der Waals surface area contributed by atoms with Crippen molar-refractivity contribution in [1.29, 1.82) is 0 Å². The van der Waals surface area contributed by atoms with Gasteiger partial charge in [-0.3, -0.25) is 9.59 Å². The number of carbonyl (C=O) groups is 1. The molecule has 0 aliphatic carbocycles. The lowest BCUT2D eigenvalue weighted by Crippen LogP contribution is -2.09. The normalized spacial score (nSPS) is 10.6. The maximum atomic E-state index is 10.5. The van der Waals surface area contributed by atoms with Crippen molar-refractivity contribution in [2.24, 2.45) is 5.73 Å². The lowest BCUT2D eigenvalue weighted by Gasteiger charge is -2.02. The maximum absolute atomic E-state index is 10.5. The van der Waals surface area contributed by atoms with E-state index in [0.717, 1.165) is 19.3 Å². The number of rotatable bonds is 16. The van der Waals surface area contributed by atoms with E-state index in [-0.39, 0.29) is 5.91 Å². The van der Waals surface area contributed by atoms with Gasteiger partial charge in [-0.2, -0.15) is 0 Å². The quantitative estimate of drug-likeness (QED) is 0.426. The number of carbonyl (C=O) groups excluding carboxylic acids is 2. The molecule has 0 rings (SSSR count). The smallest absolute Gasteiger partial charge is 0.217 e. The standard InChI is InChI=1S/C17H32NO2/c18-17(20)15-13-11-9-7-5-3-1-2-4-6-8-10-12-14-16-19/h1-15H2,(H2,18,20).